The third-order valence-electron chi connectivity index (χ3n) is 2.99. The number of nitrogens with zero attached hydrogens (tertiary/aromatic N) is 2. The normalized spacial score (nSPS) is 13.1. The summed E-state index contributed by atoms with van der Waals surface area (Å²) < 4.78 is 5.33. The fraction of sp³-hybridized carbons (Fsp3) is 0.462. The van der Waals surface area contributed by atoms with E-state index in [0.717, 1.165) is 24.5 Å². The monoisotopic (exact) mass is 265 g/mol. The van der Waals surface area contributed by atoms with Crippen molar-refractivity contribution in [3.8, 4) is 0 Å². The molecule has 0 amide bonds. The van der Waals surface area contributed by atoms with Crippen LogP contribution in [0, 0.1) is 0 Å². The van der Waals surface area contributed by atoms with E-state index >= 15 is 0 Å². The second-order valence-corrected chi connectivity index (χ2v) is 5.40. The molecule has 2 rings (SSSR count). The van der Waals surface area contributed by atoms with Gasteiger partial charge in [0.15, 0.2) is 5.76 Å². The molecule has 0 aliphatic heterocycles. The fourth-order valence-corrected chi connectivity index (χ4v) is 2.67. The van der Waals surface area contributed by atoms with Gasteiger partial charge >= 0.3 is 0 Å². The van der Waals surface area contributed by atoms with E-state index in [0.29, 0.717) is 6.04 Å². The zero-order chi connectivity index (χ0) is 13.0. The van der Waals surface area contributed by atoms with Crippen molar-refractivity contribution < 1.29 is 4.52 Å². The highest BCUT2D eigenvalue weighted by Crippen LogP contribution is 2.24. The van der Waals surface area contributed by atoms with Crippen molar-refractivity contribution in [2.75, 3.05) is 14.1 Å². The third-order valence-corrected chi connectivity index (χ3v) is 4.03. The standard InChI is InChI=1S/C13H19N3OS/c1-10(13-5-4-6-18-13)16(3)9-12-7-11(8-14-2)15-17-12/h4-7,10,14H,8-9H2,1-3H3. The Balaban J connectivity index is 1.95. The molecule has 2 heterocycles. The molecular formula is C13H19N3OS. The molecule has 0 spiro atoms. The van der Waals surface area contributed by atoms with E-state index < -0.39 is 0 Å². The number of hydrogen-bond acceptors (Lipinski definition) is 5. The minimum atomic E-state index is 0.392. The minimum Gasteiger partial charge on any atom is -0.360 e. The summed E-state index contributed by atoms with van der Waals surface area (Å²) >= 11 is 1.79. The summed E-state index contributed by atoms with van der Waals surface area (Å²) in [6.07, 6.45) is 0. The van der Waals surface area contributed by atoms with E-state index in [2.05, 4.69) is 46.9 Å². The van der Waals surface area contributed by atoms with Crippen LogP contribution >= 0.6 is 11.3 Å². The van der Waals surface area contributed by atoms with Gasteiger partial charge < -0.3 is 9.84 Å². The Labute approximate surface area is 112 Å². The molecule has 0 aliphatic rings. The molecule has 0 aromatic carbocycles. The van der Waals surface area contributed by atoms with E-state index in [1.807, 2.05) is 13.1 Å². The Hall–Kier alpha value is -1.17. The van der Waals surface area contributed by atoms with E-state index in [-0.39, 0.29) is 0 Å². The molecule has 5 heteroatoms. The van der Waals surface area contributed by atoms with Crippen LogP contribution in [0.15, 0.2) is 28.1 Å². The number of aromatic nitrogens is 1. The zero-order valence-corrected chi connectivity index (χ0v) is 11.8. The van der Waals surface area contributed by atoms with Crippen LogP contribution in [0.1, 0.15) is 29.3 Å². The molecule has 1 N–H and O–H groups in total. The first-order chi connectivity index (χ1) is 8.70. The molecule has 1 atom stereocenters. The Morgan fingerprint density at radius 1 is 1.56 bits per heavy atom. The smallest absolute Gasteiger partial charge is 0.151 e. The van der Waals surface area contributed by atoms with E-state index in [1.54, 1.807) is 11.3 Å². The van der Waals surface area contributed by atoms with Crippen molar-refractivity contribution in [2.24, 2.45) is 0 Å². The van der Waals surface area contributed by atoms with Crippen LogP contribution in [-0.2, 0) is 13.1 Å². The highest BCUT2D eigenvalue weighted by Gasteiger charge is 2.15. The molecule has 98 valence electrons. The molecule has 0 radical (unpaired) electrons. The SMILES string of the molecule is CNCc1cc(CN(C)C(C)c2cccs2)on1. The van der Waals surface area contributed by atoms with Gasteiger partial charge in [-0.25, -0.2) is 0 Å². The van der Waals surface area contributed by atoms with Crippen molar-refractivity contribution in [1.29, 1.82) is 0 Å². The third kappa shape index (κ3) is 3.19. The fourth-order valence-electron chi connectivity index (χ4n) is 1.82. The van der Waals surface area contributed by atoms with Gasteiger partial charge in [0, 0.05) is 23.5 Å². The largest absolute Gasteiger partial charge is 0.360 e. The number of thiophene rings is 1. The van der Waals surface area contributed by atoms with Crippen LogP contribution in [0.4, 0.5) is 0 Å². The molecule has 2 aromatic rings. The lowest BCUT2D eigenvalue weighted by Crippen LogP contribution is -2.20. The van der Waals surface area contributed by atoms with Gasteiger partial charge in [-0.2, -0.15) is 0 Å². The summed E-state index contributed by atoms with van der Waals surface area (Å²) in [5.74, 6) is 0.908. The summed E-state index contributed by atoms with van der Waals surface area (Å²) in [7, 11) is 4.00. The van der Waals surface area contributed by atoms with Gasteiger partial charge in [-0.1, -0.05) is 11.2 Å². The molecule has 2 aromatic heterocycles. The first kappa shape index (κ1) is 13.3. The highest BCUT2D eigenvalue weighted by atomic mass is 32.1. The summed E-state index contributed by atoms with van der Waals surface area (Å²) in [4.78, 5) is 3.63. The Kier molecular flexibility index (Phi) is 4.52. The predicted octanol–water partition coefficient (Wildman–Crippen LogP) is 2.65. The summed E-state index contributed by atoms with van der Waals surface area (Å²) in [6, 6.07) is 6.65. The van der Waals surface area contributed by atoms with Crippen LogP contribution < -0.4 is 5.32 Å². The highest BCUT2D eigenvalue weighted by molar-refractivity contribution is 7.10. The first-order valence-electron chi connectivity index (χ1n) is 6.03. The van der Waals surface area contributed by atoms with Gasteiger partial charge in [0.1, 0.15) is 0 Å². The van der Waals surface area contributed by atoms with Crippen molar-refractivity contribution >= 4 is 11.3 Å². The van der Waals surface area contributed by atoms with Crippen molar-refractivity contribution in [2.45, 2.75) is 26.1 Å². The van der Waals surface area contributed by atoms with E-state index in [4.69, 9.17) is 4.52 Å². The van der Waals surface area contributed by atoms with Gasteiger partial charge in [-0.3, -0.25) is 4.90 Å². The Bertz CT molecular complexity index is 466. The second-order valence-electron chi connectivity index (χ2n) is 4.42. The lowest BCUT2D eigenvalue weighted by Gasteiger charge is -2.22. The second kappa shape index (κ2) is 6.13. The summed E-state index contributed by atoms with van der Waals surface area (Å²) in [6.45, 7) is 3.72. The molecule has 18 heavy (non-hydrogen) atoms. The maximum Gasteiger partial charge on any atom is 0.151 e. The molecule has 4 nitrogen and oxygen atoms in total. The maximum absolute atomic E-state index is 5.33. The number of hydrogen-bond donors (Lipinski definition) is 1. The van der Waals surface area contributed by atoms with Crippen LogP contribution in [-0.4, -0.2) is 24.2 Å². The van der Waals surface area contributed by atoms with Crippen LogP contribution in [0.3, 0.4) is 0 Å². The van der Waals surface area contributed by atoms with Crippen molar-refractivity contribution in [1.82, 2.24) is 15.4 Å². The van der Waals surface area contributed by atoms with Gasteiger partial charge in [-0.15, -0.1) is 11.3 Å². The molecule has 0 saturated heterocycles. The summed E-state index contributed by atoms with van der Waals surface area (Å²) in [5, 5.41) is 9.19. The Morgan fingerprint density at radius 3 is 3.06 bits per heavy atom. The molecule has 0 aliphatic carbocycles. The molecule has 0 fully saturated rings. The topological polar surface area (TPSA) is 41.3 Å². The van der Waals surface area contributed by atoms with Gasteiger partial charge in [0.25, 0.3) is 0 Å². The molecular weight excluding hydrogens is 246 g/mol. The van der Waals surface area contributed by atoms with Crippen LogP contribution in [0.5, 0.6) is 0 Å². The Morgan fingerprint density at radius 2 is 2.39 bits per heavy atom. The molecule has 0 saturated carbocycles. The maximum atomic E-state index is 5.33. The van der Waals surface area contributed by atoms with Crippen LogP contribution in [0.25, 0.3) is 0 Å². The predicted molar refractivity (Wildman–Crippen MR) is 73.5 cm³/mol. The quantitative estimate of drug-likeness (QED) is 0.872. The minimum absolute atomic E-state index is 0.392. The first-order valence-corrected chi connectivity index (χ1v) is 6.91. The number of nitrogens with one attached hydrogen (secondary N) is 1. The van der Waals surface area contributed by atoms with E-state index in [9.17, 15) is 0 Å². The van der Waals surface area contributed by atoms with Gasteiger partial charge in [0.2, 0.25) is 0 Å². The van der Waals surface area contributed by atoms with Gasteiger partial charge in [-0.05, 0) is 32.5 Å². The summed E-state index contributed by atoms with van der Waals surface area (Å²) in [5.41, 5.74) is 0.949. The molecule has 0 bridgehead atoms. The van der Waals surface area contributed by atoms with Crippen molar-refractivity contribution in [3.63, 3.8) is 0 Å². The lowest BCUT2D eigenvalue weighted by molar-refractivity contribution is 0.223. The lowest BCUT2D eigenvalue weighted by atomic mass is 10.2. The van der Waals surface area contributed by atoms with Crippen LogP contribution in [0.2, 0.25) is 0 Å². The molecule has 1 unspecified atom stereocenters. The zero-order valence-electron chi connectivity index (χ0n) is 11.0. The average Bonchev–Trinajstić information content (AvgIpc) is 3.00. The van der Waals surface area contributed by atoms with E-state index in [1.165, 1.54) is 4.88 Å². The average molecular weight is 265 g/mol. The van der Waals surface area contributed by atoms with Gasteiger partial charge in [0.05, 0.1) is 12.2 Å². The van der Waals surface area contributed by atoms with Crippen molar-refractivity contribution in [3.05, 3.63) is 39.9 Å². The number of rotatable bonds is 6.